The maximum atomic E-state index is 11.5. The molecule has 1 aromatic heterocycles. The van der Waals surface area contributed by atoms with Crippen molar-refractivity contribution in [3.63, 3.8) is 0 Å². The van der Waals surface area contributed by atoms with Crippen LogP contribution >= 0.6 is 11.3 Å². The van der Waals surface area contributed by atoms with Gasteiger partial charge in [0.2, 0.25) is 0 Å². The summed E-state index contributed by atoms with van der Waals surface area (Å²) >= 11 is 1.49. The third kappa shape index (κ3) is 4.27. The first-order valence-electron chi connectivity index (χ1n) is 10.7. The monoisotopic (exact) mass is 453 g/mol. The molecular formula is C24H27N3O4S. The quantitative estimate of drug-likeness (QED) is 0.332. The highest BCUT2D eigenvalue weighted by molar-refractivity contribution is 7.07. The van der Waals surface area contributed by atoms with Gasteiger partial charge in [-0.1, -0.05) is 31.9 Å². The number of hydrogen-bond donors (Lipinski definition) is 0. The fourth-order valence-electron chi connectivity index (χ4n) is 4.43. The van der Waals surface area contributed by atoms with Gasteiger partial charge in [-0.2, -0.15) is 0 Å². The highest BCUT2D eigenvalue weighted by Gasteiger charge is 2.27. The Labute approximate surface area is 191 Å². The highest BCUT2D eigenvalue weighted by atomic mass is 32.1. The van der Waals surface area contributed by atoms with Gasteiger partial charge in [-0.05, 0) is 43.0 Å². The lowest BCUT2D eigenvalue weighted by molar-refractivity contribution is -0.384. The van der Waals surface area contributed by atoms with E-state index in [-0.39, 0.29) is 16.7 Å². The molecule has 4 rings (SSSR count). The van der Waals surface area contributed by atoms with Crippen molar-refractivity contribution >= 4 is 22.7 Å². The average molecular weight is 454 g/mol. The van der Waals surface area contributed by atoms with Crippen LogP contribution in [0.1, 0.15) is 38.6 Å². The molecule has 2 unspecified atom stereocenters. The molecule has 32 heavy (non-hydrogen) atoms. The first-order chi connectivity index (χ1) is 15.5. The SMILES string of the molecule is COc1ccc(OC)c(-c2csc(=Nc3ccccc3[N+](=O)[O-])n2C2CCCCC2C)c1. The van der Waals surface area contributed by atoms with Gasteiger partial charge in [0.1, 0.15) is 17.2 Å². The molecular weight excluding hydrogens is 426 g/mol. The third-order valence-electron chi connectivity index (χ3n) is 6.12. The number of thiazole rings is 1. The van der Waals surface area contributed by atoms with Crippen LogP contribution in [0.15, 0.2) is 52.8 Å². The summed E-state index contributed by atoms with van der Waals surface area (Å²) in [6, 6.07) is 12.6. The van der Waals surface area contributed by atoms with Crippen LogP contribution in [0.25, 0.3) is 11.3 Å². The minimum absolute atomic E-state index is 0.00431. The summed E-state index contributed by atoms with van der Waals surface area (Å²) in [5.74, 6) is 1.96. The summed E-state index contributed by atoms with van der Waals surface area (Å²) in [5, 5.41) is 13.6. The molecule has 1 aliphatic carbocycles. The van der Waals surface area contributed by atoms with Crippen LogP contribution in [-0.2, 0) is 0 Å². The topological polar surface area (TPSA) is 78.9 Å². The Kier molecular flexibility index (Phi) is 6.60. The van der Waals surface area contributed by atoms with E-state index < -0.39 is 0 Å². The van der Waals surface area contributed by atoms with Gasteiger partial charge in [0, 0.05) is 23.1 Å². The molecule has 0 N–H and O–H groups in total. The number of nitro groups is 1. The van der Waals surface area contributed by atoms with E-state index in [1.54, 1.807) is 32.4 Å². The molecule has 2 aromatic carbocycles. The molecule has 0 bridgehead atoms. The molecule has 8 heteroatoms. The maximum Gasteiger partial charge on any atom is 0.294 e. The number of ether oxygens (including phenoxy) is 2. The molecule has 0 saturated heterocycles. The van der Waals surface area contributed by atoms with Gasteiger partial charge < -0.3 is 14.0 Å². The van der Waals surface area contributed by atoms with Crippen LogP contribution in [0, 0.1) is 16.0 Å². The molecule has 1 heterocycles. The minimum Gasteiger partial charge on any atom is -0.497 e. The Bertz CT molecular complexity index is 1180. The van der Waals surface area contributed by atoms with Crippen LogP contribution in [0.4, 0.5) is 11.4 Å². The van der Waals surface area contributed by atoms with E-state index in [4.69, 9.17) is 14.5 Å². The Morgan fingerprint density at radius 3 is 2.62 bits per heavy atom. The fraction of sp³-hybridized carbons (Fsp3) is 0.375. The number of para-hydroxylation sites is 2. The third-order valence-corrected chi connectivity index (χ3v) is 6.96. The Hall–Kier alpha value is -3.13. The first kappa shape index (κ1) is 22.1. The Morgan fingerprint density at radius 2 is 1.91 bits per heavy atom. The van der Waals surface area contributed by atoms with E-state index in [0.29, 0.717) is 11.6 Å². The second-order valence-corrected chi connectivity index (χ2v) is 8.86. The first-order valence-corrected chi connectivity index (χ1v) is 11.6. The van der Waals surface area contributed by atoms with Crippen molar-refractivity contribution in [1.82, 2.24) is 4.57 Å². The lowest BCUT2D eigenvalue weighted by Gasteiger charge is -2.31. The van der Waals surface area contributed by atoms with Crippen LogP contribution in [0.2, 0.25) is 0 Å². The van der Waals surface area contributed by atoms with Crippen LogP contribution in [0.5, 0.6) is 11.5 Å². The summed E-state index contributed by atoms with van der Waals surface area (Å²) in [5.41, 5.74) is 2.28. The predicted octanol–water partition coefficient (Wildman–Crippen LogP) is 6.13. The standard InChI is InChI=1S/C24H27N3O4S/c1-16-8-4-6-10-20(16)26-22(18-14-17(30-2)12-13-23(18)31-3)15-32-24(26)25-19-9-5-7-11-21(19)27(28)29/h5,7,9,11-16,20H,4,6,8,10H2,1-3H3. The minimum atomic E-state index is -0.383. The number of benzene rings is 2. The van der Waals surface area contributed by atoms with Gasteiger partial charge in [-0.3, -0.25) is 10.1 Å². The maximum absolute atomic E-state index is 11.5. The number of hydrogen-bond acceptors (Lipinski definition) is 6. The zero-order chi connectivity index (χ0) is 22.7. The Morgan fingerprint density at radius 1 is 1.12 bits per heavy atom. The van der Waals surface area contributed by atoms with Gasteiger partial charge in [-0.25, -0.2) is 4.99 Å². The van der Waals surface area contributed by atoms with Crippen molar-refractivity contribution in [2.24, 2.45) is 10.9 Å². The molecule has 1 fully saturated rings. The van der Waals surface area contributed by atoms with Gasteiger partial charge in [0.05, 0.1) is 24.8 Å². The van der Waals surface area contributed by atoms with E-state index >= 15 is 0 Å². The lowest BCUT2D eigenvalue weighted by atomic mass is 9.85. The van der Waals surface area contributed by atoms with Gasteiger partial charge in [-0.15, -0.1) is 11.3 Å². The van der Waals surface area contributed by atoms with Crippen molar-refractivity contribution in [2.75, 3.05) is 14.2 Å². The average Bonchev–Trinajstić information content (AvgIpc) is 3.22. The van der Waals surface area contributed by atoms with Crippen molar-refractivity contribution in [3.8, 4) is 22.8 Å². The van der Waals surface area contributed by atoms with E-state index in [9.17, 15) is 10.1 Å². The molecule has 0 aliphatic heterocycles. The lowest BCUT2D eigenvalue weighted by Crippen LogP contribution is -2.28. The number of methoxy groups -OCH3 is 2. The van der Waals surface area contributed by atoms with Gasteiger partial charge >= 0.3 is 0 Å². The zero-order valence-corrected chi connectivity index (χ0v) is 19.3. The molecule has 0 radical (unpaired) electrons. The second kappa shape index (κ2) is 9.56. The zero-order valence-electron chi connectivity index (χ0n) is 18.5. The van der Waals surface area contributed by atoms with Crippen molar-refractivity contribution in [3.05, 3.63) is 62.8 Å². The summed E-state index contributed by atoms with van der Waals surface area (Å²) < 4.78 is 13.4. The smallest absolute Gasteiger partial charge is 0.294 e. The normalized spacial score (nSPS) is 19.0. The van der Waals surface area contributed by atoms with Crippen molar-refractivity contribution < 1.29 is 14.4 Å². The molecule has 0 amide bonds. The largest absolute Gasteiger partial charge is 0.497 e. The molecule has 168 valence electrons. The molecule has 1 aliphatic rings. The predicted molar refractivity (Wildman–Crippen MR) is 126 cm³/mol. The number of rotatable bonds is 6. The molecule has 0 spiro atoms. The summed E-state index contributed by atoms with van der Waals surface area (Å²) in [6.07, 6.45) is 4.56. The van der Waals surface area contributed by atoms with Crippen LogP contribution < -0.4 is 14.3 Å². The van der Waals surface area contributed by atoms with Gasteiger partial charge in [0.15, 0.2) is 4.80 Å². The van der Waals surface area contributed by atoms with Crippen LogP contribution in [-0.4, -0.2) is 23.7 Å². The summed E-state index contributed by atoms with van der Waals surface area (Å²) in [7, 11) is 3.30. The van der Waals surface area contributed by atoms with Crippen molar-refractivity contribution in [2.45, 2.75) is 38.6 Å². The molecule has 3 aromatic rings. The fourth-order valence-corrected chi connectivity index (χ4v) is 5.39. The number of nitrogens with zero attached hydrogens (tertiary/aromatic N) is 3. The van der Waals surface area contributed by atoms with E-state index in [0.717, 1.165) is 46.8 Å². The number of nitro benzene ring substituents is 1. The van der Waals surface area contributed by atoms with E-state index in [2.05, 4.69) is 16.9 Å². The summed E-state index contributed by atoms with van der Waals surface area (Å²) in [6.45, 7) is 2.27. The molecule has 1 saturated carbocycles. The van der Waals surface area contributed by atoms with Crippen LogP contribution in [0.3, 0.4) is 0 Å². The van der Waals surface area contributed by atoms with Crippen molar-refractivity contribution in [1.29, 1.82) is 0 Å². The van der Waals surface area contributed by atoms with Gasteiger partial charge in [0.25, 0.3) is 5.69 Å². The Balaban J connectivity index is 1.96. The summed E-state index contributed by atoms with van der Waals surface area (Å²) in [4.78, 5) is 16.7. The second-order valence-electron chi connectivity index (χ2n) is 8.03. The molecule has 7 nitrogen and oxygen atoms in total. The molecule has 2 atom stereocenters. The number of aromatic nitrogens is 1. The highest BCUT2D eigenvalue weighted by Crippen LogP contribution is 2.40. The van der Waals surface area contributed by atoms with E-state index in [1.165, 1.54) is 23.8 Å². The van der Waals surface area contributed by atoms with E-state index in [1.807, 2.05) is 18.2 Å².